The number of phenolic OH excluding ortho intramolecular Hbond substituents is 3. The van der Waals surface area contributed by atoms with E-state index >= 15 is 0 Å². The van der Waals surface area contributed by atoms with Crippen molar-refractivity contribution >= 4 is 5.97 Å². The van der Waals surface area contributed by atoms with Crippen LogP contribution in [0.3, 0.4) is 0 Å². The highest BCUT2D eigenvalue weighted by Gasteiger charge is 2.45. The molecule has 192 valence electrons. The van der Waals surface area contributed by atoms with Crippen molar-refractivity contribution in [2.24, 2.45) is 0 Å². The van der Waals surface area contributed by atoms with Gasteiger partial charge in [-0.1, -0.05) is 0 Å². The van der Waals surface area contributed by atoms with E-state index in [2.05, 4.69) is 0 Å². The highest BCUT2D eigenvalue weighted by molar-refractivity contribution is 5.91. The Morgan fingerprint density at radius 2 is 1.43 bits per heavy atom. The molecule has 5 atom stereocenters. The quantitative estimate of drug-likeness (QED) is 0.208. The summed E-state index contributed by atoms with van der Waals surface area (Å²) in [4.78, 5) is 12.3. The smallest absolute Gasteiger partial charge is 0.338 e. The molecule has 5 unspecified atom stereocenters. The molecule has 13 heteroatoms. The molecule has 0 aliphatic carbocycles. The van der Waals surface area contributed by atoms with E-state index in [0.717, 1.165) is 12.1 Å². The first-order chi connectivity index (χ1) is 16.6. The fourth-order valence-corrected chi connectivity index (χ4v) is 3.37. The van der Waals surface area contributed by atoms with Gasteiger partial charge in [0.1, 0.15) is 36.8 Å². The second-order valence-electron chi connectivity index (χ2n) is 7.46. The van der Waals surface area contributed by atoms with E-state index < -0.39 is 60.5 Å². The topological polar surface area (TPSA) is 194 Å². The number of benzene rings is 2. The number of aromatic hydroxyl groups is 3. The van der Waals surface area contributed by atoms with Gasteiger partial charge in [0, 0.05) is 12.1 Å². The van der Waals surface area contributed by atoms with Crippen LogP contribution in [0.4, 0.5) is 0 Å². The Hall–Kier alpha value is -3.65. The van der Waals surface area contributed by atoms with Gasteiger partial charge in [-0.05, 0) is 12.1 Å². The number of aliphatic hydroxyl groups is 3. The summed E-state index contributed by atoms with van der Waals surface area (Å²) in [5.41, 5.74) is -0.297. The van der Waals surface area contributed by atoms with Crippen molar-refractivity contribution in [1.29, 1.82) is 0 Å². The van der Waals surface area contributed by atoms with Gasteiger partial charge in [-0.15, -0.1) is 0 Å². The molecular weight excluding hydrogens is 472 g/mol. The van der Waals surface area contributed by atoms with Gasteiger partial charge in [-0.2, -0.15) is 0 Å². The predicted octanol–water partition coefficient (Wildman–Crippen LogP) is -0.127. The number of hydrogen-bond donors (Lipinski definition) is 6. The van der Waals surface area contributed by atoms with E-state index in [-0.39, 0.29) is 22.8 Å². The van der Waals surface area contributed by atoms with Gasteiger partial charge in [0.15, 0.2) is 28.7 Å². The van der Waals surface area contributed by atoms with Gasteiger partial charge < -0.3 is 59.1 Å². The van der Waals surface area contributed by atoms with Crippen LogP contribution in [0.25, 0.3) is 0 Å². The number of hydrogen-bond acceptors (Lipinski definition) is 13. The Morgan fingerprint density at radius 1 is 0.857 bits per heavy atom. The van der Waals surface area contributed by atoms with Crippen molar-refractivity contribution in [1.82, 2.24) is 0 Å². The van der Waals surface area contributed by atoms with Crippen molar-refractivity contribution < 1.29 is 63.9 Å². The molecule has 1 fully saturated rings. The average Bonchev–Trinajstić information content (AvgIpc) is 2.85. The Morgan fingerprint density at radius 3 is 1.94 bits per heavy atom. The van der Waals surface area contributed by atoms with Crippen molar-refractivity contribution in [2.75, 3.05) is 27.9 Å². The third-order valence-corrected chi connectivity index (χ3v) is 5.24. The van der Waals surface area contributed by atoms with Crippen molar-refractivity contribution in [3.05, 3.63) is 29.8 Å². The third kappa shape index (κ3) is 5.38. The molecule has 0 spiro atoms. The first-order valence-corrected chi connectivity index (χ1v) is 10.2. The number of rotatable bonds is 8. The molecule has 35 heavy (non-hydrogen) atoms. The summed E-state index contributed by atoms with van der Waals surface area (Å²) in [5, 5.41) is 59.4. The molecule has 1 saturated heterocycles. The summed E-state index contributed by atoms with van der Waals surface area (Å²) in [6.07, 6.45) is -7.88. The third-order valence-electron chi connectivity index (χ3n) is 5.24. The van der Waals surface area contributed by atoms with E-state index in [0.29, 0.717) is 5.75 Å². The number of carbonyl (C=O) groups is 1. The van der Waals surface area contributed by atoms with Crippen molar-refractivity contribution in [3.8, 4) is 40.2 Å². The first kappa shape index (κ1) is 26.0. The largest absolute Gasteiger partial charge is 0.504 e. The maximum absolute atomic E-state index is 12.3. The van der Waals surface area contributed by atoms with Crippen molar-refractivity contribution in [2.45, 2.75) is 30.7 Å². The Kier molecular flexibility index (Phi) is 7.96. The number of phenols is 3. The summed E-state index contributed by atoms with van der Waals surface area (Å²) < 4.78 is 31.9. The number of esters is 1. The molecule has 0 radical (unpaired) electrons. The summed E-state index contributed by atoms with van der Waals surface area (Å²) >= 11 is 0. The molecule has 0 saturated carbocycles. The maximum atomic E-state index is 12.3. The maximum Gasteiger partial charge on any atom is 0.338 e. The van der Waals surface area contributed by atoms with E-state index in [1.54, 1.807) is 0 Å². The Balaban J connectivity index is 1.74. The lowest BCUT2D eigenvalue weighted by Crippen LogP contribution is -2.60. The van der Waals surface area contributed by atoms with Crippen LogP contribution in [-0.4, -0.2) is 95.3 Å². The fraction of sp³-hybridized carbons (Fsp3) is 0.409. The highest BCUT2D eigenvalue weighted by atomic mass is 16.7. The Bertz CT molecular complexity index is 1010. The summed E-state index contributed by atoms with van der Waals surface area (Å²) in [7, 11) is 4.20. The van der Waals surface area contributed by atoms with Crippen LogP contribution in [0.15, 0.2) is 24.3 Å². The van der Waals surface area contributed by atoms with Gasteiger partial charge in [0.25, 0.3) is 0 Å². The van der Waals surface area contributed by atoms with Crippen LogP contribution in [0, 0.1) is 0 Å². The number of aliphatic hydroxyl groups excluding tert-OH is 3. The molecule has 0 amide bonds. The number of ether oxygens (including phenoxy) is 6. The molecule has 0 aromatic heterocycles. The lowest BCUT2D eigenvalue weighted by atomic mass is 9.99. The Labute approximate surface area is 199 Å². The molecule has 1 heterocycles. The fourth-order valence-electron chi connectivity index (χ4n) is 3.37. The van der Waals surface area contributed by atoms with Crippen LogP contribution < -0.4 is 18.9 Å². The number of methoxy groups -OCH3 is 3. The van der Waals surface area contributed by atoms with Crippen LogP contribution in [0.5, 0.6) is 40.2 Å². The van der Waals surface area contributed by atoms with Gasteiger partial charge in [-0.25, -0.2) is 4.79 Å². The highest BCUT2D eigenvalue weighted by Crippen LogP contribution is 2.41. The summed E-state index contributed by atoms with van der Waals surface area (Å²) in [6.45, 7) is -0.596. The monoisotopic (exact) mass is 498 g/mol. The lowest BCUT2D eigenvalue weighted by molar-refractivity contribution is -0.277. The van der Waals surface area contributed by atoms with Gasteiger partial charge in [-0.3, -0.25) is 0 Å². The second kappa shape index (κ2) is 10.7. The van der Waals surface area contributed by atoms with E-state index in [1.165, 1.54) is 33.5 Å². The lowest BCUT2D eigenvalue weighted by Gasteiger charge is -2.40. The minimum Gasteiger partial charge on any atom is -0.504 e. The van der Waals surface area contributed by atoms with Crippen LogP contribution >= 0.6 is 0 Å². The zero-order valence-electron chi connectivity index (χ0n) is 18.9. The first-order valence-electron chi connectivity index (χ1n) is 10.2. The second-order valence-corrected chi connectivity index (χ2v) is 7.46. The molecule has 2 aromatic rings. The van der Waals surface area contributed by atoms with Gasteiger partial charge in [0.2, 0.25) is 12.0 Å². The van der Waals surface area contributed by atoms with Gasteiger partial charge in [0.05, 0.1) is 26.9 Å². The number of carbonyl (C=O) groups excluding carboxylic acids is 1. The molecule has 1 aliphatic heterocycles. The standard InChI is InChI=1S/C22H26O13/c1-30-13-6-10(7-14(31-2)20(13)32-3)34-22-19(28)18(27)17(26)15(35-22)8-33-21(29)9-4-11(23)16(25)12(24)5-9/h4-7,15,17-19,22-28H,8H2,1-3H3. The van der Waals surface area contributed by atoms with Gasteiger partial charge >= 0.3 is 5.97 Å². The van der Waals surface area contributed by atoms with Crippen LogP contribution in [-0.2, 0) is 9.47 Å². The molecule has 1 aliphatic rings. The zero-order valence-corrected chi connectivity index (χ0v) is 18.9. The SMILES string of the molecule is COc1cc(OC2OC(COC(=O)c3cc(O)c(O)c(O)c3)C(O)C(O)C2O)cc(OC)c1OC. The minimum atomic E-state index is -1.72. The molecular formula is C22H26O13. The molecule has 2 aromatic carbocycles. The summed E-state index contributed by atoms with van der Waals surface area (Å²) in [6, 6.07) is 4.58. The van der Waals surface area contributed by atoms with Crippen molar-refractivity contribution in [3.63, 3.8) is 0 Å². The molecule has 13 nitrogen and oxygen atoms in total. The molecule has 3 rings (SSSR count). The van der Waals surface area contributed by atoms with E-state index in [4.69, 9.17) is 28.4 Å². The average molecular weight is 498 g/mol. The van der Waals surface area contributed by atoms with Crippen LogP contribution in [0.2, 0.25) is 0 Å². The zero-order chi connectivity index (χ0) is 25.9. The van der Waals surface area contributed by atoms with Crippen LogP contribution in [0.1, 0.15) is 10.4 Å². The molecule has 0 bridgehead atoms. The summed E-state index contributed by atoms with van der Waals surface area (Å²) in [5.74, 6) is -2.44. The van der Waals surface area contributed by atoms with E-state index in [1.807, 2.05) is 0 Å². The van der Waals surface area contributed by atoms with E-state index in [9.17, 15) is 35.4 Å². The molecule has 6 N–H and O–H groups in total. The predicted molar refractivity (Wildman–Crippen MR) is 115 cm³/mol. The minimum absolute atomic E-state index is 0.109. The normalized spacial score (nSPS) is 23.9.